The van der Waals surface area contributed by atoms with Crippen LogP contribution in [0.2, 0.25) is 0 Å². The first-order chi connectivity index (χ1) is 15.5. The lowest BCUT2D eigenvalue weighted by atomic mass is 9.94. The predicted octanol–water partition coefficient (Wildman–Crippen LogP) is 2.59. The zero-order valence-electron chi connectivity index (χ0n) is 18.7. The molecule has 0 spiro atoms. The molecule has 1 saturated heterocycles. The van der Waals surface area contributed by atoms with E-state index in [0.717, 1.165) is 36.4 Å². The Kier molecular flexibility index (Phi) is 10.0. The maximum Gasteiger partial charge on any atom is 0.303 e. The molecule has 1 heterocycles. The zero-order chi connectivity index (χ0) is 22.9. The Bertz CT molecular complexity index is 735. The lowest BCUT2D eigenvalue weighted by molar-refractivity contribution is -0.137. The highest BCUT2D eigenvalue weighted by molar-refractivity contribution is 7.90. The molecule has 7 nitrogen and oxygen atoms in total. The molecule has 1 saturated carbocycles. The van der Waals surface area contributed by atoms with Crippen molar-refractivity contribution < 1.29 is 29.0 Å². The van der Waals surface area contributed by atoms with E-state index in [0.29, 0.717) is 32.7 Å². The van der Waals surface area contributed by atoms with Crippen LogP contribution in [0.3, 0.4) is 0 Å². The molecule has 1 aromatic rings. The van der Waals surface area contributed by atoms with E-state index in [1.54, 1.807) is 6.26 Å². The molecular formula is C24H35NO6S. The number of rotatable bonds is 11. The molecule has 8 heteroatoms. The normalized spacial score (nSPS) is 27.7. The van der Waals surface area contributed by atoms with Gasteiger partial charge >= 0.3 is 5.97 Å². The third kappa shape index (κ3) is 7.30. The summed E-state index contributed by atoms with van der Waals surface area (Å²) in [6, 6.07) is 7.65. The molecule has 5 unspecified atom stereocenters. The van der Waals surface area contributed by atoms with Crippen LogP contribution < -0.4 is 0 Å². The van der Waals surface area contributed by atoms with Gasteiger partial charge in [0.15, 0.2) is 4.90 Å². The Morgan fingerprint density at radius 2 is 2.00 bits per heavy atom. The minimum Gasteiger partial charge on any atom is -0.612 e. The molecule has 2 fully saturated rings. The van der Waals surface area contributed by atoms with Crippen molar-refractivity contribution in [3.63, 3.8) is 0 Å². The van der Waals surface area contributed by atoms with Gasteiger partial charge in [-0.05, 0) is 48.1 Å². The maximum absolute atomic E-state index is 11.6. The van der Waals surface area contributed by atoms with E-state index in [1.807, 2.05) is 30.3 Å². The minimum absolute atomic E-state index is 0.0254. The van der Waals surface area contributed by atoms with Crippen LogP contribution in [0.1, 0.15) is 37.7 Å². The molecule has 5 atom stereocenters. The molecule has 1 aromatic carbocycles. The van der Waals surface area contributed by atoms with Crippen molar-refractivity contribution in [1.29, 1.82) is 0 Å². The quantitative estimate of drug-likeness (QED) is 0.294. The second kappa shape index (κ2) is 12.7. The molecule has 32 heavy (non-hydrogen) atoms. The number of aliphatic carboxylic acids is 1. The van der Waals surface area contributed by atoms with Gasteiger partial charge in [0.1, 0.15) is 6.26 Å². The van der Waals surface area contributed by atoms with Crippen molar-refractivity contribution in [1.82, 2.24) is 4.90 Å². The number of benzene rings is 1. The van der Waals surface area contributed by atoms with Crippen LogP contribution in [0.15, 0.2) is 41.3 Å². The molecule has 2 N–H and O–H groups in total. The van der Waals surface area contributed by atoms with E-state index in [-0.39, 0.29) is 24.5 Å². The number of nitrogens with zero attached hydrogens (tertiary/aromatic N) is 1. The number of aliphatic hydroxyl groups excluding tert-OH is 1. The van der Waals surface area contributed by atoms with Gasteiger partial charge in [-0.3, -0.25) is 9.69 Å². The Labute approximate surface area is 193 Å². The second-order valence-electron chi connectivity index (χ2n) is 8.55. The predicted molar refractivity (Wildman–Crippen MR) is 123 cm³/mol. The van der Waals surface area contributed by atoms with Gasteiger partial charge in [0.2, 0.25) is 0 Å². The molecule has 3 rings (SSSR count). The van der Waals surface area contributed by atoms with E-state index in [9.17, 15) is 14.5 Å². The van der Waals surface area contributed by atoms with Crippen LogP contribution in [0.4, 0.5) is 0 Å². The molecule has 0 amide bonds. The highest BCUT2D eigenvalue weighted by atomic mass is 32.2. The van der Waals surface area contributed by atoms with E-state index < -0.39 is 23.2 Å². The topological polar surface area (TPSA) is 102 Å². The maximum atomic E-state index is 11.6. The van der Waals surface area contributed by atoms with Crippen molar-refractivity contribution >= 4 is 17.1 Å². The molecular weight excluding hydrogens is 430 g/mol. The average molecular weight is 466 g/mol. The van der Waals surface area contributed by atoms with Crippen LogP contribution in [0, 0.1) is 5.92 Å². The first-order valence-corrected chi connectivity index (χ1v) is 12.9. The Morgan fingerprint density at radius 3 is 2.66 bits per heavy atom. The Hall–Kier alpha value is -1.42. The number of ether oxygens (including phenoxy) is 2. The van der Waals surface area contributed by atoms with Gasteiger partial charge in [0.25, 0.3) is 0 Å². The van der Waals surface area contributed by atoms with Gasteiger partial charge in [0.05, 0.1) is 32.0 Å². The Morgan fingerprint density at radius 1 is 1.28 bits per heavy atom. The summed E-state index contributed by atoms with van der Waals surface area (Å²) in [7, 11) is 0. The molecule has 1 aliphatic heterocycles. The van der Waals surface area contributed by atoms with E-state index in [2.05, 4.69) is 11.0 Å². The largest absolute Gasteiger partial charge is 0.612 e. The fourth-order valence-electron chi connectivity index (χ4n) is 4.65. The zero-order valence-corrected chi connectivity index (χ0v) is 19.5. The van der Waals surface area contributed by atoms with Crippen molar-refractivity contribution in [3.8, 4) is 0 Å². The molecule has 178 valence electrons. The number of carboxylic acids is 1. The van der Waals surface area contributed by atoms with E-state index in [1.165, 1.54) is 0 Å². The van der Waals surface area contributed by atoms with Gasteiger partial charge in [-0.1, -0.05) is 24.3 Å². The highest BCUT2D eigenvalue weighted by Gasteiger charge is 2.45. The molecule has 2 aliphatic rings. The Balaban J connectivity index is 1.62. The van der Waals surface area contributed by atoms with Gasteiger partial charge in [-0.25, -0.2) is 0 Å². The van der Waals surface area contributed by atoms with E-state index >= 15 is 0 Å². The standard InChI is InChI=1S/C24H35NO6S/c1-32(29)19-10-8-18(9-11-19)17-31-22-16-21(26)24(25-12-14-30-15-13-25)20(22)6-4-2-3-5-7-23(27)28/h2,4,8-11,20-22,24,26H,3,5-7,12-17H2,1H3,(H,27,28). The van der Waals surface area contributed by atoms with Crippen molar-refractivity contribution in [2.24, 2.45) is 5.92 Å². The minimum atomic E-state index is -1.00. The highest BCUT2D eigenvalue weighted by Crippen LogP contribution is 2.36. The van der Waals surface area contributed by atoms with Gasteiger partial charge in [-0.2, -0.15) is 0 Å². The smallest absolute Gasteiger partial charge is 0.303 e. The van der Waals surface area contributed by atoms with Crippen LogP contribution in [-0.2, 0) is 32.1 Å². The number of carbonyl (C=O) groups is 1. The third-order valence-electron chi connectivity index (χ3n) is 6.31. The average Bonchev–Trinajstić information content (AvgIpc) is 3.10. The molecule has 0 aromatic heterocycles. The first kappa shape index (κ1) is 25.2. The van der Waals surface area contributed by atoms with Crippen molar-refractivity contribution in [2.75, 3.05) is 32.6 Å². The van der Waals surface area contributed by atoms with Crippen LogP contribution >= 0.6 is 0 Å². The summed E-state index contributed by atoms with van der Waals surface area (Å²) in [5.74, 6) is -0.613. The number of hydrogen-bond donors (Lipinski definition) is 2. The number of morpholine rings is 1. The summed E-state index contributed by atoms with van der Waals surface area (Å²) in [6.45, 7) is 3.42. The monoisotopic (exact) mass is 465 g/mol. The van der Waals surface area contributed by atoms with Crippen LogP contribution in [-0.4, -0.2) is 76.4 Å². The van der Waals surface area contributed by atoms with Gasteiger partial charge in [-0.15, -0.1) is 0 Å². The second-order valence-corrected chi connectivity index (χ2v) is 9.93. The molecule has 0 radical (unpaired) electrons. The summed E-state index contributed by atoms with van der Waals surface area (Å²) in [4.78, 5) is 13.8. The van der Waals surface area contributed by atoms with E-state index in [4.69, 9.17) is 14.6 Å². The lowest BCUT2D eigenvalue weighted by Gasteiger charge is -2.37. The van der Waals surface area contributed by atoms with Crippen LogP contribution in [0.5, 0.6) is 0 Å². The number of aliphatic hydroxyl groups is 1. The third-order valence-corrected chi connectivity index (χ3v) is 7.24. The first-order valence-electron chi connectivity index (χ1n) is 11.4. The van der Waals surface area contributed by atoms with Crippen molar-refractivity contribution in [2.45, 2.75) is 61.9 Å². The fourth-order valence-corrected chi connectivity index (χ4v) is 5.17. The summed E-state index contributed by atoms with van der Waals surface area (Å²) in [5.41, 5.74) is 1.02. The summed E-state index contributed by atoms with van der Waals surface area (Å²) < 4.78 is 23.4. The summed E-state index contributed by atoms with van der Waals surface area (Å²) in [5, 5.41) is 19.7. The van der Waals surface area contributed by atoms with Gasteiger partial charge < -0.3 is 24.2 Å². The number of unbranched alkanes of at least 4 members (excludes halogenated alkanes) is 1. The molecule has 0 bridgehead atoms. The number of hydrogen-bond acceptors (Lipinski definition) is 6. The lowest BCUT2D eigenvalue weighted by Crippen LogP contribution is -2.50. The fraction of sp³-hybridized carbons (Fsp3) is 0.625. The SMILES string of the molecule is C[S+]([O-])c1ccc(COC2CC(O)C(N3CCOCC3)C2CC=CCCCC(=O)O)cc1. The number of allylic oxidation sites excluding steroid dienone is 2. The van der Waals surface area contributed by atoms with Crippen molar-refractivity contribution in [3.05, 3.63) is 42.0 Å². The number of carboxylic acid groups (broad SMARTS) is 1. The summed E-state index contributed by atoms with van der Waals surface area (Å²) in [6.07, 6.45) is 8.22. The van der Waals surface area contributed by atoms with Gasteiger partial charge in [0, 0.05) is 37.9 Å². The molecule has 1 aliphatic carbocycles. The summed E-state index contributed by atoms with van der Waals surface area (Å²) >= 11 is -1.00. The van der Waals surface area contributed by atoms with Crippen LogP contribution in [0.25, 0.3) is 0 Å².